The Bertz CT molecular complexity index is 671. The normalized spacial score (nSPS) is 49.2. The summed E-state index contributed by atoms with van der Waals surface area (Å²) in [6.45, 7) is 11.9. The van der Waals surface area contributed by atoms with Crippen LogP contribution in [-0.2, 0) is 0 Å². The molecule has 4 rings (SSSR count). The summed E-state index contributed by atoms with van der Waals surface area (Å²) in [5, 5.41) is 32.9. The van der Waals surface area contributed by atoms with E-state index in [1.54, 1.807) is 0 Å². The molecule has 3 fully saturated rings. The van der Waals surface area contributed by atoms with Gasteiger partial charge in [0.1, 0.15) is 11.7 Å². The standard InChI is InChI=1S/C27H46O3/c1-17(2)7-6-8-18(3)21-9-10-22-20-15-24(29)27(30)16-19(28)11-14-26(27,5)23(20)12-13-25(21,22)4/h15,17-19,21-24,28-30H,6-14,16H2,1-5H3. The van der Waals surface area contributed by atoms with E-state index in [0.29, 0.717) is 23.7 Å². The summed E-state index contributed by atoms with van der Waals surface area (Å²) < 4.78 is 0. The highest BCUT2D eigenvalue weighted by Gasteiger charge is 2.64. The van der Waals surface area contributed by atoms with E-state index in [2.05, 4.69) is 34.6 Å². The van der Waals surface area contributed by atoms with Crippen LogP contribution in [0, 0.1) is 40.4 Å². The third-order valence-corrected chi connectivity index (χ3v) is 10.5. The first-order valence-electron chi connectivity index (χ1n) is 12.8. The SMILES string of the molecule is CC(C)CCCC(C)C1CCC2C3=CC(O)C4(O)CC(O)CCC4(C)C3CCC21C. The molecule has 3 saturated carbocycles. The van der Waals surface area contributed by atoms with Crippen LogP contribution in [-0.4, -0.2) is 33.1 Å². The number of hydrogen-bond acceptors (Lipinski definition) is 3. The Hall–Kier alpha value is -0.380. The lowest BCUT2D eigenvalue weighted by Gasteiger charge is -2.62. The largest absolute Gasteiger partial charge is 0.393 e. The summed E-state index contributed by atoms with van der Waals surface area (Å²) in [4.78, 5) is 0. The maximum Gasteiger partial charge on any atom is 0.102 e. The third kappa shape index (κ3) is 3.33. The molecule has 4 aliphatic rings. The summed E-state index contributed by atoms with van der Waals surface area (Å²) in [5.41, 5.74) is 0.281. The quantitative estimate of drug-likeness (QED) is 0.519. The van der Waals surface area contributed by atoms with Crippen LogP contribution in [0.15, 0.2) is 11.6 Å². The number of hydrogen-bond donors (Lipinski definition) is 3. The van der Waals surface area contributed by atoms with Gasteiger partial charge in [0, 0.05) is 11.8 Å². The van der Waals surface area contributed by atoms with Gasteiger partial charge in [-0.15, -0.1) is 0 Å². The molecule has 0 aliphatic heterocycles. The van der Waals surface area contributed by atoms with Gasteiger partial charge in [-0.25, -0.2) is 0 Å². The molecular formula is C27H46O3. The molecule has 0 saturated heterocycles. The zero-order valence-electron chi connectivity index (χ0n) is 20.0. The first-order chi connectivity index (χ1) is 14.0. The second-order valence-electron chi connectivity index (χ2n) is 12.5. The van der Waals surface area contributed by atoms with Crippen molar-refractivity contribution in [2.24, 2.45) is 40.4 Å². The van der Waals surface area contributed by atoms with Crippen molar-refractivity contribution >= 4 is 0 Å². The fourth-order valence-corrected chi connectivity index (χ4v) is 8.57. The summed E-state index contributed by atoms with van der Waals surface area (Å²) in [6.07, 6.45) is 11.5. The van der Waals surface area contributed by atoms with Crippen LogP contribution in [0.2, 0.25) is 0 Å². The van der Waals surface area contributed by atoms with Crippen molar-refractivity contribution in [3.63, 3.8) is 0 Å². The summed E-state index contributed by atoms with van der Waals surface area (Å²) in [5.74, 6) is 3.24. The molecule has 30 heavy (non-hydrogen) atoms. The molecule has 0 aromatic carbocycles. The summed E-state index contributed by atoms with van der Waals surface area (Å²) in [6, 6.07) is 0. The second kappa shape index (κ2) is 7.89. The zero-order valence-corrected chi connectivity index (χ0v) is 20.0. The molecule has 0 spiro atoms. The Kier molecular flexibility index (Phi) is 5.99. The molecule has 0 aromatic heterocycles. The van der Waals surface area contributed by atoms with Gasteiger partial charge in [-0.05, 0) is 73.5 Å². The van der Waals surface area contributed by atoms with Crippen LogP contribution >= 0.6 is 0 Å². The highest BCUT2D eigenvalue weighted by atomic mass is 16.3. The van der Waals surface area contributed by atoms with E-state index in [1.807, 2.05) is 6.08 Å². The average molecular weight is 419 g/mol. The molecular weight excluding hydrogens is 372 g/mol. The van der Waals surface area contributed by atoms with Gasteiger partial charge in [-0.1, -0.05) is 65.5 Å². The number of aliphatic hydroxyl groups is 3. The highest BCUT2D eigenvalue weighted by molar-refractivity contribution is 5.33. The van der Waals surface area contributed by atoms with Gasteiger partial charge < -0.3 is 15.3 Å². The minimum Gasteiger partial charge on any atom is -0.393 e. The van der Waals surface area contributed by atoms with Crippen molar-refractivity contribution in [3.8, 4) is 0 Å². The van der Waals surface area contributed by atoms with Gasteiger partial charge in [-0.2, -0.15) is 0 Å². The van der Waals surface area contributed by atoms with Gasteiger partial charge >= 0.3 is 0 Å². The lowest BCUT2D eigenvalue weighted by atomic mass is 9.45. The second-order valence-corrected chi connectivity index (χ2v) is 12.5. The van der Waals surface area contributed by atoms with E-state index in [-0.39, 0.29) is 5.41 Å². The van der Waals surface area contributed by atoms with E-state index in [1.165, 1.54) is 44.1 Å². The molecule has 0 radical (unpaired) electrons. The Balaban J connectivity index is 1.58. The van der Waals surface area contributed by atoms with Crippen molar-refractivity contribution in [2.75, 3.05) is 0 Å². The lowest BCUT2D eigenvalue weighted by molar-refractivity contribution is -0.210. The Morgan fingerprint density at radius 3 is 2.40 bits per heavy atom. The molecule has 3 heteroatoms. The van der Waals surface area contributed by atoms with Crippen LogP contribution in [0.3, 0.4) is 0 Å². The average Bonchev–Trinajstić information content (AvgIpc) is 3.01. The number of aliphatic hydroxyl groups excluding tert-OH is 2. The van der Waals surface area contributed by atoms with E-state index in [9.17, 15) is 15.3 Å². The Morgan fingerprint density at radius 1 is 0.967 bits per heavy atom. The van der Waals surface area contributed by atoms with Gasteiger partial charge in [0.05, 0.1) is 6.10 Å². The van der Waals surface area contributed by atoms with Crippen LogP contribution in [0.4, 0.5) is 0 Å². The van der Waals surface area contributed by atoms with Gasteiger partial charge in [0.25, 0.3) is 0 Å². The number of allylic oxidation sites excluding steroid dienone is 1. The van der Waals surface area contributed by atoms with Crippen molar-refractivity contribution in [2.45, 2.75) is 117 Å². The predicted octanol–water partition coefficient (Wildman–Crippen LogP) is 5.47. The zero-order chi connectivity index (χ0) is 21.9. The van der Waals surface area contributed by atoms with Crippen LogP contribution < -0.4 is 0 Å². The molecule has 3 N–H and O–H groups in total. The number of fused-ring (bicyclic) bond motifs is 5. The molecule has 172 valence electrons. The molecule has 9 unspecified atom stereocenters. The topological polar surface area (TPSA) is 60.7 Å². The molecule has 0 bridgehead atoms. The molecule has 0 amide bonds. The molecule has 3 nitrogen and oxygen atoms in total. The van der Waals surface area contributed by atoms with Crippen molar-refractivity contribution in [1.82, 2.24) is 0 Å². The molecule has 0 aromatic rings. The fraction of sp³-hybridized carbons (Fsp3) is 0.926. The van der Waals surface area contributed by atoms with E-state index < -0.39 is 17.8 Å². The molecule has 0 heterocycles. The van der Waals surface area contributed by atoms with Crippen LogP contribution in [0.5, 0.6) is 0 Å². The van der Waals surface area contributed by atoms with E-state index in [0.717, 1.165) is 37.0 Å². The molecule has 9 atom stereocenters. The minimum absolute atomic E-state index is 0.308. The molecule has 4 aliphatic carbocycles. The van der Waals surface area contributed by atoms with Crippen LogP contribution in [0.25, 0.3) is 0 Å². The van der Waals surface area contributed by atoms with E-state index in [4.69, 9.17) is 0 Å². The van der Waals surface area contributed by atoms with Crippen molar-refractivity contribution < 1.29 is 15.3 Å². The smallest absolute Gasteiger partial charge is 0.102 e. The fourth-order valence-electron chi connectivity index (χ4n) is 8.57. The summed E-state index contributed by atoms with van der Waals surface area (Å²) in [7, 11) is 0. The van der Waals surface area contributed by atoms with Gasteiger partial charge in [-0.3, -0.25) is 0 Å². The third-order valence-electron chi connectivity index (χ3n) is 10.5. The Morgan fingerprint density at radius 2 is 1.70 bits per heavy atom. The Labute approximate surface area is 184 Å². The minimum atomic E-state index is -1.19. The summed E-state index contributed by atoms with van der Waals surface area (Å²) >= 11 is 0. The van der Waals surface area contributed by atoms with Gasteiger partial charge in [0.2, 0.25) is 0 Å². The van der Waals surface area contributed by atoms with E-state index >= 15 is 0 Å². The lowest BCUT2D eigenvalue weighted by Crippen LogP contribution is -2.65. The van der Waals surface area contributed by atoms with Crippen molar-refractivity contribution in [1.29, 1.82) is 0 Å². The maximum atomic E-state index is 11.6. The first-order valence-corrected chi connectivity index (χ1v) is 12.8. The predicted molar refractivity (Wildman–Crippen MR) is 122 cm³/mol. The van der Waals surface area contributed by atoms with Crippen LogP contribution in [0.1, 0.15) is 98.8 Å². The van der Waals surface area contributed by atoms with Crippen molar-refractivity contribution in [3.05, 3.63) is 11.6 Å². The van der Waals surface area contributed by atoms with Gasteiger partial charge in [0.15, 0.2) is 0 Å². The monoisotopic (exact) mass is 418 g/mol. The first kappa shape index (κ1) is 22.8. The highest BCUT2D eigenvalue weighted by Crippen LogP contribution is 2.67. The number of rotatable bonds is 5. The maximum absolute atomic E-state index is 11.6.